The van der Waals surface area contributed by atoms with Gasteiger partial charge in [-0.05, 0) is 44.5 Å². The highest BCUT2D eigenvalue weighted by Crippen LogP contribution is 2.18. The van der Waals surface area contributed by atoms with Crippen LogP contribution in [0.4, 0.5) is 4.79 Å². The fourth-order valence-electron chi connectivity index (χ4n) is 1.93. The molecule has 0 bridgehead atoms. The van der Waals surface area contributed by atoms with Crippen LogP contribution in [0.15, 0.2) is 24.3 Å². The van der Waals surface area contributed by atoms with E-state index in [1.807, 2.05) is 36.2 Å². The first-order chi connectivity index (χ1) is 9.95. The fourth-order valence-corrected chi connectivity index (χ4v) is 2.14. The van der Waals surface area contributed by atoms with Crippen LogP contribution < -0.4 is 10.6 Å². The Hall–Kier alpha value is -1.59. The minimum Gasteiger partial charge on any atom is -0.335 e. The smallest absolute Gasteiger partial charge is 0.321 e. The van der Waals surface area contributed by atoms with Crippen molar-refractivity contribution < 1.29 is 9.59 Å². The summed E-state index contributed by atoms with van der Waals surface area (Å²) in [5, 5.41) is 5.77. The molecule has 0 aromatic heterocycles. The van der Waals surface area contributed by atoms with Gasteiger partial charge in [0.25, 0.3) is 0 Å². The third-order valence-corrected chi connectivity index (χ3v) is 3.75. The molecule has 1 fully saturated rings. The highest BCUT2D eigenvalue weighted by molar-refractivity contribution is 6.30. The van der Waals surface area contributed by atoms with Crippen LogP contribution >= 0.6 is 11.6 Å². The largest absolute Gasteiger partial charge is 0.335 e. The first kappa shape index (κ1) is 15.8. The summed E-state index contributed by atoms with van der Waals surface area (Å²) in [7, 11) is 1.84. The van der Waals surface area contributed by atoms with E-state index in [0.717, 1.165) is 18.4 Å². The van der Waals surface area contributed by atoms with Crippen LogP contribution in [-0.4, -0.2) is 36.0 Å². The van der Waals surface area contributed by atoms with Gasteiger partial charge in [0.1, 0.15) is 0 Å². The Kier molecular flexibility index (Phi) is 5.20. The molecule has 21 heavy (non-hydrogen) atoms. The number of rotatable bonds is 5. The van der Waals surface area contributed by atoms with Crippen LogP contribution in [0.1, 0.15) is 25.3 Å². The number of urea groups is 1. The lowest BCUT2D eigenvalue weighted by atomic mass is 10.2. The van der Waals surface area contributed by atoms with Gasteiger partial charge in [-0.15, -0.1) is 0 Å². The fraction of sp³-hybridized carbons (Fsp3) is 0.467. The van der Waals surface area contributed by atoms with E-state index in [4.69, 9.17) is 11.6 Å². The second-order valence-electron chi connectivity index (χ2n) is 5.46. The van der Waals surface area contributed by atoms with Crippen molar-refractivity contribution in [1.82, 2.24) is 15.5 Å². The number of hydrogen-bond donors (Lipinski definition) is 2. The number of likely N-dealkylation sites (N-methyl/N-ethyl adjacent to an activating group) is 1. The predicted molar refractivity (Wildman–Crippen MR) is 82.1 cm³/mol. The maximum atomic E-state index is 12.0. The molecule has 1 atom stereocenters. The molecule has 1 aliphatic carbocycles. The van der Waals surface area contributed by atoms with Crippen molar-refractivity contribution in [3.8, 4) is 0 Å². The molecule has 1 unspecified atom stereocenters. The number of halogens is 1. The molecule has 0 heterocycles. The normalized spacial score (nSPS) is 15.6. The van der Waals surface area contributed by atoms with E-state index in [1.54, 1.807) is 6.92 Å². The van der Waals surface area contributed by atoms with Gasteiger partial charge < -0.3 is 5.32 Å². The highest BCUT2D eigenvalue weighted by atomic mass is 35.5. The van der Waals surface area contributed by atoms with E-state index < -0.39 is 12.1 Å². The zero-order chi connectivity index (χ0) is 15.4. The lowest BCUT2D eigenvalue weighted by molar-refractivity contribution is -0.124. The zero-order valence-corrected chi connectivity index (χ0v) is 13.0. The number of carbonyl (C=O) groups excluding carboxylic acids is 2. The van der Waals surface area contributed by atoms with Crippen molar-refractivity contribution in [2.45, 2.75) is 38.4 Å². The average molecular weight is 310 g/mol. The van der Waals surface area contributed by atoms with Crippen molar-refractivity contribution in [1.29, 1.82) is 0 Å². The Morgan fingerprint density at radius 2 is 2.14 bits per heavy atom. The minimum absolute atomic E-state index is 0.234. The highest BCUT2D eigenvalue weighted by Gasteiger charge is 2.25. The molecular weight excluding hydrogens is 290 g/mol. The van der Waals surface area contributed by atoms with Crippen LogP contribution in [0.3, 0.4) is 0 Å². The zero-order valence-electron chi connectivity index (χ0n) is 12.2. The second-order valence-corrected chi connectivity index (χ2v) is 5.89. The third-order valence-electron chi connectivity index (χ3n) is 3.51. The minimum atomic E-state index is -0.412. The molecule has 0 aliphatic heterocycles. The van der Waals surface area contributed by atoms with Crippen molar-refractivity contribution in [2.75, 3.05) is 7.05 Å². The molecule has 1 aliphatic rings. The predicted octanol–water partition coefficient (Wildman–Crippen LogP) is 2.15. The maximum Gasteiger partial charge on any atom is 0.321 e. The Bertz CT molecular complexity index is 531. The topological polar surface area (TPSA) is 61.4 Å². The lowest BCUT2D eigenvalue weighted by Crippen LogP contribution is -2.48. The molecule has 2 rings (SSSR count). The molecule has 1 saturated carbocycles. The van der Waals surface area contributed by atoms with Crippen LogP contribution in [-0.2, 0) is 11.3 Å². The summed E-state index contributed by atoms with van der Waals surface area (Å²) >= 11 is 5.94. The van der Waals surface area contributed by atoms with E-state index in [-0.39, 0.29) is 11.9 Å². The molecule has 3 amide bonds. The molecule has 6 heteroatoms. The van der Waals surface area contributed by atoms with Gasteiger partial charge in [0.15, 0.2) is 0 Å². The molecule has 2 N–H and O–H groups in total. The molecule has 0 spiro atoms. The first-order valence-electron chi connectivity index (χ1n) is 7.01. The van der Waals surface area contributed by atoms with Gasteiger partial charge >= 0.3 is 6.03 Å². The maximum absolute atomic E-state index is 12.0. The molecule has 0 radical (unpaired) electrons. The van der Waals surface area contributed by atoms with Crippen LogP contribution in [0, 0.1) is 0 Å². The Morgan fingerprint density at radius 3 is 2.76 bits per heavy atom. The number of hydrogen-bond acceptors (Lipinski definition) is 3. The molecule has 1 aromatic carbocycles. The summed E-state index contributed by atoms with van der Waals surface area (Å²) in [4.78, 5) is 25.4. The molecule has 1 aromatic rings. The van der Waals surface area contributed by atoms with Crippen molar-refractivity contribution in [3.63, 3.8) is 0 Å². The van der Waals surface area contributed by atoms with E-state index in [0.29, 0.717) is 11.6 Å². The lowest BCUT2D eigenvalue weighted by Gasteiger charge is -2.23. The average Bonchev–Trinajstić information content (AvgIpc) is 3.21. The van der Waals surface area contributed by atoms with Crippen LogP contribution in [0.25, 0.3) is 0 Å². The van der Waals surface area contributed by atoms with Gasteiger partial charge in [0, 0.05) is 17.6 Å². The Labute approximate surface area is 129 Å². The van der Waals surface area contributed by atoms with E-state index in [2.05, 4.69) is 10.6 Å². The molecule has 114 valence electrons. The van der Waals surface area contributed by atoms with Crippen molar-refractivity contribution in [3.05, 3.63) is 34.9 Å². The summed E-state index contributed by atoms with van der Waals surface area (Å²) in [5.41, 5.74) is 1.02. The van der Waals surface area contributed by atoms with Crippen molar-refractivity contribution in [2.24, 2.45) is 0 Å². The Balaban J connectivity index is 1.84. The number of nitrogens with zero attached hydrogens (tertiary/aromatic N) is 1. The van der Waals surface area contributed by atoms with Gasteiger partial charge in [-0.2, -0.15) is 0 Å². The number of benzene rings is 1. The van der Waals surface area contributed by atoms with E-state index in [1.165, 1.54) is 0 Å². The number of amides is 3. The van der Waals surface area contributed by atoms with Gasteiger partial charge in [-0.25, -0.2) is 4.79 Å². The molecule has 5 nitrogen and oxygen atoms in total. The third kappa shape index (κ3) is 5.02. The van der Waals surface area contributed by atoms with E-state index in [9.17, 15) is 9.59 Å². The second kappa shape index (κ2) is 6.91. The quantitative estimate of drug-likeness (QED) is 0.876. The van der Waals surface area contributed by atoms with Gasteiger partial charge in [0.2, 0.25) is 5.91 Å². The monoisotopic (exact) mass is 309 g/mol. The summed E-state index contributed by atoms with van der Waals surface area (Å²) < 4.78 is 0. The molecule has 0 saturated heterocycles. The summed E-state index contributed by atoms with van der Waals surface area (Å²) in [6, 6.07) is 6.91. The SMILES string of the molecule is CC(C(=O)NC(=O)NC1CC1)N(C)Cc1cccc(Cl)c1. The van der Waals surface area contributed by atoms with Crippen LogP contribution in [0.5, 0.6) is 0 Å². The van der Waals surface area contributed by atoms with Gasteiger partial charge in [-0.3, -0.25) is 15.0 Å². The summed E-state index contributed by atoms with van der Waals surface area (Å²) in [5.74, 6) is -0.308. The number of nitrogens with one attached hydrogen (secondary N) is 2. The van der Waals surface area contributed by atoms with E-state index >= 15 is 0 Å². The first-order valence-corrected chi connectivity index (χ1v) is 7.39. The van der Waals surface area contributed by atoms with Gasteiger partial charge in [-0.1, -0.05) is 23.7 Å². The van der Waals surface area contributed by atoms with Crippen LogP contribution in [0.2, 0.25) is 5.02 Å². The summed E-state index contributed by atoms with van der Waals surface area (Å²) in [6.07, 6.45) is 1.98. The number of carbonyl (C=O) groups is 2. The van der Waals surface area contributed by atoms with Gasteiger partial charge in [0.05, 0.1) is 6.04 Å². The number of imide groups is 1. The molecular formula is C15H20ClN3O2. The Morgan fingerprint density at radius 1 is 1.43 bits per heavy atom. The summed E-state index contributed by atoms with van der Waals surface area (Å²) in [6.45, 7) is 2.35. The standard InChI is InChI=1S/C15H20ClN3O2/c1-10(14(20)18-15(21)17-13-6-7-13)19(2)9-11-4-3-5-12(16)8-11/h3-5,8,10,13H,6-7,9H2,1-2H3,(H2,17,18,20,21). The van der Waals surface area contributed by atoms with Crippen molar-refractivity contribution >= 4 is 23.5 Å².